The van der Waals surface area contributed by atoms with Crippen LogP contribution in [-0.4, -0.2) is 48.3 Å². The predicted molar refractivity (Wildman–Crippen MR) is 121 cm³/mol. The van der Waals surface area contributed by atoms with Crippen LogP contribution >= 0.6 is 0 Å². The van der Waals surface area contributed by atoms with Crippen molar-refractivity contribution >= 4 is 29.4 Å². The number of esters is 1. The first-order chi connectivity index (χ1) is 15.3. The molecule has 0 aliphatic carbocycles. The SMILES string of the molecule is C=CCN(CC=C)C(=O)COC(=O)c1ccc2c(c1)C(=O)N(c1cc(C)ccc1C)C2=O. The first-order valence-electron chi connectivity index (χ1n) is 10.0. The molecule has 0 fully saturated rings. The Bertz CT molecular complexity index is 1130. The number of aryl methyl sites for hydroxylation is 2. The number of fused-ring (bicyclic) bond motifs is 1. The molecule has 164 valence electrons. The maximum Gasteiger partial charge on any atom is 0.338 e. The first-order valence-corrected chi connectivity index (χ1v) is 10.0. The van der Waals surface area contributed by atoms with Gasteiger partial charge in [-0.2, -0.15) is 0 Å². The lowest BCUT2D eigenvalue weighted by Crippen LogP contribution is -2.35. The maximum absolute atomic E-state index is 13.0. The number of rotatable bonds is 8. The van der Waals surface area contributed by atoms with Crippen molar-refractivity contribution in [3.63, 3.8) is 0 Å². The molecule has 7 nitrogen and oxygen atoms in total. The molecule has 0 aromatic heterocycles. The molecular weight excluding hydrogens is 408 g/mol. The Morgan fingerprint density at radius 1 is 0.969 bits per heavy atom. The van der Waals surface area contributed by atoms with Crippen LogP contribution < -0.4 is 4.90 Å². The molecule has 0 spiro atoms. The second kappa shape index (κ2) is 9.43. The van der Waals surface area contributed by atoms with E-state index in [0.717, 1.165) is 16.0 Å². The lowest BCUT2D eigenvalue weighted by atomic mass is 10.1. The number of carbonyl (C=O) groups is 4. The summed E-state index contributed by atoms with van der Waals surface area (Å²) in [7, 11) is 0. The van der Waals surface area contributed by atoms with Gasteiger partial charge in [0.1, 0.15) is 0 Å². The van der Waals surface area contributed by atoms with Crippen molar-refractivity contribution in [2.45, 2.75) is 13.8 Å². The molecule has 7 heteroatoms. The van der Waals surface area contributed by atoms with Gasteiger partial charge in [-0.05, 0) is 49.2 Å². The summed E-state index contributed by atoms with van der Waals surface area (Å²) in [6, 6.07) is 9.69. The number of anilines is 1. The number of hydrogen-bond donors (Lipinski definition) is 0. The number of imide groups is 1. The summed E-state index contributed by atoms with van der Waals surface area (Å²) in [5.41, 5.74) is 2.63. The van der Waals surface area contributed by atoms with Gasteiger partial charge in [0.15, 0.2) is 6.61 Å². The zero-order valence-electron chi connectivity index (χ0n) is 18.1. The number of amides is 3. The van der Waals surface area contributed by atoms with Crippen molar-refractivity contribution in [3.8, 4) is 0 Å². The molecule has 3 rings (SSSR count). The number of hydrogen-bond acceptors (Lipinski definition) is 5. The van der Waals surface area contributed by atoms with Crippen molar-refractivity contribution < 1.29 is 23.9 Å². The minimum absolute atomic E-state index is 0.0829. The Hall–Kier alpha value is -4.00. The van der Waals surface area contributed by atoms with Crippen molar-refractivity contribution in [2.75, 3.05) is 24.6 Å². The van der Waals surface area contributed by atoms with Gasteiger partial charge in [0.2, 0.25) is 0 Å². The zero-order chi connectivity index (χ0) is 23.4. The van der Waals surface area contributed by atoms with E-state index in [1.165, 1.54) is 23.1 Å². The van der Waals surface area contributed by atoms with Gasteiger partial charge in [-0.15, -0.1) is 13.2 Å². The smallest absolute Gasteiger partial charge is 0.338 e. The van der Waals surface area contributed by atoms with E-state index in [9.17, 15) is 19.2 Å². The molecule has 3 amide bonds. The lowest BCUT2D eigenvalue weighted by molar-refractivity contribution is -0.133. The molecule has 32 heavy (non-hydrogen) atoms. The molecule has 0 unspecified atom stereocenters. The van der Waals surface area contributed by atoms with Crippen LogP contribution in [0.3, 0.4) is 0 Å². The molecular formula is C25H24N2O5. The zero-order valence-corrected chi connectivity index (χ0v) is 18.1. The van der Waals surface area contributed by atoms with E-state index in [-0.39, 0.29) is 16.7 Å². The van der Waals surface area contributed by atoms with Crippen LogP contribution in [-0.2, 0) is 9.53 Å². The van der Waals surface area contributed by atoms with Gasteiger partial charge in [-0.1, -0.05) is 24.3 Å². The molecule has 0 bridgehead atoms. The van der Waals surface area contributed by atoms with Crippen molar-refractivity contribution in [1.82, 2.24) is 4.90 Å². The van der Waals surface area contributed by atoms with E-state index in [2.05, 4.69) is 13.2 Å². The number of carbonyl (C=O) groups excluding carboxylic acids is 4. The number of benzene rings is 2. The average Bonchev–Trinajstić information content (AvgIpc) is 3.03. The third-order valence-electron chi connectivity index (χ3n) is 5.11. The summed E-state index contributed by atoms with van der Waals surface area (Å²) in [6.45, 7) is 11.0. The van der Waals surface area contributed by atoms with Crippen molar-refractivity contribution in [1.29, 1.82) is 0 Å². The monoisotopic (exact) mass is 432 g/mol. The van der Waals surface area contributed by atoms with Crippen molar-refractivity contribution in [3.05, 3.63) is 89.5 Å². The molecule has 2 aromatic rings. The third-order valence-corrected chi connectivity index (χ3v) is 5.11. The molecule has 1 aliphatic rings. The number of nitrogens with zero attached hydrogens (tertiary/aromatic N) is 2. The van der Waals surface area contributed by atoms with E-state index in [4.69, 9.17) is 4.74 Å². The summed E-state index contributed by atoms with van der Waals surface area (Å²) < 4.78 is 5.12. The van der Waals surface area contributed by atoms with Gasteiger partial charge in [0, 0.05) is 13.1 Å². The lowest BCUT2D eigenvalue weighted by Gasteiger charge is -2.18. The summed E-state index contributed by atoms with van der Waals surface area (Å²) in [4.78, 5) is 53.2. The van der Waals surface area contributed by atoms with Crippen molar-refractivity contribution in [2.24, 2.45) is 0 Å². The fourth-order valence-electron chi connectivity index (χ4n) is 3.44. The molecule has 1 heterocycles. The van der Waals surface area contributed by atoms with E-state index in [1.54, 1.807) is 18.2 Å². The molecule has 1 aliphatic heterocycles. The Balaban J connectivity index is 1.79. The van der Waals surface area contributed by atoms with E-state index in [0.29, 0.717) is 18.8 Å². The molecule has 2 aromatic carbocycles. The highest BCUT2D eigenvalue weighted by atomic mass is 16.5. The molecule has 0 N–H and O–H groups in total. The van der Waals surface area contributed by atoms with Gasteiger partial charge in [-0.25, -0.2) is 9.69 Å². The highest BCUT2D eigenvalue weighted by Gasteiger charge is 2.38. The third kappa shape index (κ3) is 4.37. The average molecular weight is 432 g/mol. The fraction of sp³-hybridized carbons (Fsp3) is 0.200. The normalized spacial score (nSPS) is 12.4. The Morgan fingerprint density at radius 3 is 2.28 bits per heavy atom. The second-order valence-corrected chi connectivity index (χ2v) is 7.45. The summed E-state index contributed by atoms with van der Waals surface area (Å²) in [5, 5.41) is 0. The van der Waals surface area contributed by atoms with Crippen LogP contribution in [0.4, 0.5) is 5.69 Å². The molecule has 0 atom stereocenters. The highest BCUT2D eigenvalue weighted by molar-refractivity contribution is 6.35. The minimum atomic E-state index is -0.760. The van der Waals surface area contributed by atoms with Crippen LogP contribution in [0.1, 0.15) is 42.2 Å². The maximum atomic E-state index is 13.0. The van der Waals surface area contributed by atoms with Gasteiger partial charge in [-0.3, -0.25) is 14.4 Å². The van der Waals surface area contributed by atoms with Gasteiger partial charge >= 0.3 is 5.97 Å². The fourth-order valence-corrected chi connectivity index (χ4v) is 3.44. The Kier molecular flexibility index (Phi) is 6.68. The standard InChI is InChI=1S/C25H24N2O5/c1-5-11-26(12-6-2)22(28)15-32-25(31)18-9-10-19-20(14-18)24(30)27(23(19)29)21-13-16(3)7-8-17(21)4/h5-10,13-14H,1-2,11-12,15H2,3-4H3. The van der Waals surface area contributed by atoms with E-state index < -0.39 is 30.3 Å². The van der Waals surface area contributed by atoms with Crippen LogP contribution in [0, 0.1) is 13.8 Å². The second-order valence-electron chi connectivity index (χ2n) is 7.45. The van der Waals surface area contributed by atoms with Crippen LogP contribution in [0.25, 0.3) is 0 Å². The highest BCUT2D eigenvalue weighted by Crippen LogP contribution is 2.31. The molecule has 0 saturated heterocycles. The summed E-state index contributed by atoms with van der Waals surface area (Å²) >= 11 is 0. The summed E-state index contributed by atoms with van der Waals surface area (Å²) in [5.74, 6) is -2.11. The molecule has 0 saturated carbocycles. The topological polar surface area (TPSA) is 84.0 Å². The van der Waals surface area contributed by atoms with E-state index in [1.807, 2.05) is 26.0 Å². The molecule has 0 radical (unpaired) electrons. The van der Waals surface area contributed by atoms with Gasteiger partial charge in [0.05, 0.1) is 22.4 Å². The number of ether oxygens (including phenoxy) is 1. The van der Waals surface area contributed by atoms with Crippen LogP contribution in [0.5, 0.6) is 0 Å². The quantitative estimate of drug-likeness (QED) is 0.362. The first kappa shape index (κ1) is 22.7. The van der Waals surface area contributed by atoms with Gasteiger partial charge < -0.3 is 9.64 Å². The largest absolute Gasteiger partial charge is 0.452 e. The summed E-state index contributed by atoms with van der Waals surface area (Å²) in [6.07, 6.45) is 3.13. The minimum Gasteiger partial charge on any atom is -0.452 e. The Morgan fingerprint density at radius 2 is 1.62 bits per heavy atom. The predicted octanol–water partition coefficient (Wildman–Crippen LogP) is 3.46. The Labute approximate surface area is 186 Å². The van der Waals surface area contributed by atoms with E-state index >= 15 is 0 Å². The van der Waals surface area contributed by atoms with Gasteiger partial charge in [0.25, 0.3) is 17.7 Å². The van der Waals surface area contributed by atoms with Crippen LogP contribution in [0.2, 0.25) is 0 Å². The van der Waals surface area contributed by atoms with Crippen LogP contribution in [0.15, 0.2) is 61.7 Å².